The number of piperidine rings is 1. The van der Waals surface area contributed by atoms with Crippen LogP contribution in [0.15, 0.2) is 42.5 Å². The van der Waals surface area contributed by atoms with E-state index in [9.17, 15) is 9.18 Å². The number of nitrogens with one attached hydrogen (secondary N) is 1. The minimum absolute atomic E-state index is 0.0416. The first kappa shape index (κ1) is 21.5. The maximum absolute atomic E-state index is 13.4. The zero-order valence-electron chi connectivity index (χ0n) is 17.8. The summed E-state index contributed by atoms with van der Waals surface area (Å²) in [6.07, 6.45) is 3.05. The van der Waals surface area contributed by atoms with Gasteiger partial charge < -0.3 is 14.4 Å². The Morgan fingerprint density at radius 2 is 1.97 bits per heavy atom. The highest BCUT2D eigenvalue weighted by atomic mass is 19.1. The van der Waals surface area contributed by atoms with Crippen molar-refractivity contribution in [1.82, 2.24) is 15.1 Å². The molecule has 31 heavy (non-hydrogen) atoms. The van der Waals surface area contributed by atoms with Gasteiger partial charge in [-0.1, -0.05) is 0 Å². The summed E-state index contributed by atoms with van der Waals surface area (Å²) in [5.41, 5.74) is 2.50. The van der Waals surface area contributed by atoms with E-state index in [0.29, 0.717) is 23.8 Å². The second kappa shape index (κ2) is 10.0. The van der Waals surface area contributed by atoms with E-state index >= 15 is 0 Å². The molecule has 2 heterocycles. The van der Waals surface area contributed by atoms with Crippen LogP contribution in [0.2, 0.25) is 0 Å². The summed E-state index contributed by atoms with van der Waals surface area (Å²) in [5.74, 6) is 0.908. The molecule has 1 aliphatic rings. The number of aromatic amines is 1. The lowest BCUT2D eigenvalue weighted by molar-refractivity contribution is 0.0106. The zero-order chi connectivity index (χ0) is 21.6. The second-order valence-electron chi connectivity index (χ2n) is 8.02. The van der Waals surface area contributed by atoms with Crippen molar-refractivity contribution in [2.75, 3.05) is 33.0 Å². The van der Waals surface area contributed by atoms with Gasteiger partial charge in [-0.15, -0.1) is 0 Å². The predicted molar refractivity (Wildman–Crippen MR) is 117 cm³/mol. The lowest BCUT2D eigenvalue weighted by atomic mass is 9.91. The third kappa shape index (κ3) is 5.48. The molecule has 0 atom stereocenters. The molecule has 0 spiro atoms. The molecule has 0 saturated carbocycles. The molecule has 1 aromatic heterocycles. The maximum Gasteiger partial charge on any atom is 0.189 e. The number of carbonyl (C=O) groups excluding carboxylic acids is 1. The topological polar surface area (TPSA) is 67.5 Å². The normalized spacial score (nSPS) is 15.4. The van der Waals surface area contributed by atoms with Gasteiger partial charge in [0.25, 0.3) is 0 Å². The first-order chi connectivity index (χ1) is 15.1. The molecule has 1 saturated heterocycles. The van der Waals surface area contributed by atoms with Crippen LogP contribution in [0.25, 0.3) is 10.9 Å². The third-order valence-electron chi connectivity index (χ3n) is 5.86. The molecule has 2 aromatic carbocycles. The third-order valence-corrected chi connectivity index (χ3v) is 5.86. The number of ketones is 1. The van der Waals surface area contributed by atoms with Crippen LogP contribution in [-0.4, -0.2) is 53.9 Å². The number of nitrogens with zero attached hydrogens (tertiary/aromatic N) is 2. The lowest BCUT2D eigenvalue weighted by Crippen LogP contribution is -2.34. The number of hydrogen-bond acceptors (Lipinski definition) is 5. The molecule has 0 aliphatic carbocycles. The van der Waals surface area contributed by atoms with Gasteiger partial charge in [-0.2, -0.15) is 5.10 Å². The molecular formula is C24H28FN3O3. The summed E-state index contributed by atoms with van der Waals surface area (Å²) in [6.45, 7) is 5.43. The molecular weight excluding hydrogens is 397 g/mol. The van der Waals surface area contributed by atoms with Crippen LogP contribution in [0.5, 0.6) is 5.75 Å². The van der Waals surface area contributed by atoms with Crippen molar-refractivity contribution < 1.29 is 18.7 Å². The van der Waals surface area contributed by atoms with E-state index in [0.717, 1.165) is 55.5 Å². The number of likely N-dealkylation sites (tertiary alicyclic amines) is 1. The molecule has 164 valence electrons. The minimum Gasteiger partial charge on any atom is -0.468 e. The van der Waals surface area contributed by atoms with Gasteiger partial charge in [0.2, 0.25) is 0 Å². The molecule has 6 nitrogen and oxygen atoms in total. The van der Waals surface area contributed by atoms with E-state index < -0.39 is 0 Å². The highest BCUT2D eigenvalue weighted by molar-refractivity contribution is 5.94. The van der Waals surface area contributed by atoms with Crippen LogP contribution in [0.1, 0.15) is 48.2 Å². The molecule has 0 bridgehead atoms. The van der Waals surface area contributed by atoms with Crippen molar-refractivity contribution in [3.8, 4) is 5.75 Å². The van der Waals surface area contributed by atoms with E-state index in [1.54, 1.807) is 31.2 Å². The first-order valence-corrected chi connectivity index (χ1v) is 10.8. The van der Waals surface area contributed by atoms with E-state index in [4.69, 9.17) is 9.47 Å². The number of carbonyl (C=O) groups is 1. The number of benzene rings is 2. The van der Waals surface area contributed by atoms with Crippen LogP contribution >= 0.6 is 0 Å². The average molecular weight is 426 g/mol. The van der Waals surface area contributed by atoms with Crippen molar-refractivity contribution >= 4 is 16.7 Å². The van der Waals surface area contributed by atoms with Crippen LogP contribution in [0, 0.1) is 5.82 Å². The SMILES string of the molecule is CC(=O)c1ccc(OCOCCCN2CCC(c3n[nH]c4cc(F)ccc34)CC2)cc1. The summed E-state index contributed by atoms with van der Waals surface area (Å²) in [7, 11) is 0. The number of fused-ring (bicyclic) bond motifs is 1. The fourth-order valence-corrected chi connectivity index (χ4v) is 4.10. The van der Waals surface area contributed by atoms with Crippen molar-refractivity contribution in [3.05, 3.63) is 59.5 Å². The number of halogens is 1. The van der Waals surface area contributed by atoms with E-state index in [-0.39, 0.29) is 18.4 Å². The van der Waals surface area contributed by atoms with Crippen molar-refractivity contribution in [3.63, 3.8) is 0 Å². The van der Waals surface area contributed by atoms with Gasteiger partial charge in [0, 0.05) is 23.4 Å². The molecule has 7 heteroatoms. The van der Waals surface area contributed by atoms with Gasteiger partial charge in [0.15, 0.2) is 12.6 Å². The number of aromatic nitrogens is 2. The largest absolute Gasteiger partial charge is 0.468 e. The number of H-pyrrole nitrogens is 1. The molecule has 1 N–H and O–H groups in total. The van der Waals surface area contributed by atoms with E-state index in [1.165, 1.54) is 12.1 Å². The number of rotatable bonds is 9. The van der Waals surface area contributed by atoms with Crippen LogP contribution in [-0.2, 0) is 4.74 Å². The lowest BCUT2D eigenvalue weighted by Gasteiger charge is -2.31. The zero-order valence-corrected chi connectivity index (χ0v) is 17.8. The molecule has 1 fully saturated rings. The van der Waals surface area contributed by atoms with Crippen LogP contribution < -0.4 is 4.74 Å². The number of hydrogen-bond donors (Lipinski definition) is 1. The summed E-state index contributed by atoms with van der Waals surface area (Å²) >= 11 is 0. The van der Waals surface area contributed by atoms with Crippen molar-refractivity contribution in [2.24, 2.45) is 0 Å². The summed E-state index contributed by atoms with van der Waals surface area (Å²) in [6, 6.07) is 11.9. The summed E-state index contributed by atoms with van der Waals surface area (Å²) in [4.78, 5) is 13.7. The standard InChI is InChI=1S/C24H28FN3O3/c1-17(29)18-3-6-21(7-4-18)31-16-30-14-2-11-28-12-9-19(10-13-28)24-22-8-5-20(25)15-23(22)26-27-24/h3-8,15,19H,2,9-14,16H2,1H3,(H,26,27). The Kier molecular flexibility index (Phi) is 6.94. The van der Waals surface area contributed by atoms with Crippen LogP contribution in [0.3, 0.4) is 0 Å². The van der Waals surface area contributed by atoms with E-state index in [1.807, 2.05) is 6.07 Å². The van der Waals surface area contributed by atoms with Crippen molar-refractivity contribution in [2.45, 2.75) is 32.1 Å². The highest BCUT2D eigenvalue weighted by Crippen LogP contribution is 2.31. The monoisotopic (exact) mass is 425 g/mol. The van der Waals surface area contributed by atoms with Gasteiger partial charge >= 0.3 is 0 Å². The quantitative estimate of drug-likeness (QED) is 0.310. The maximum atomic E-state index is 13.4. The molecule has 0 radical (unpaired) electrons. The summed E-state index contributed by atoms with van der Waals surface area (Å²) in [5, 5.41) is 8.45. The van der Waals surface area contributed by atoms with Crippen molar-refractivity contribution in [1.29, 1.82) is 0 Å². The molecule has 0 unspecified atom stereocenters. The van der Waals surface area contributed by atoms with Crippen LogP contribution in [0.4, 0.5) is 4.39 Å². The molecule has 4 rings (SSSR count). The number of ether oxygens (including phenoxy) is 2. The molecule has 1 aliphatic heterocycles. The predicted octanol–water partition coefficient (Wildman–Crippen LogP) is 4.53. The second-order valence-corrected chi connectivity index (χ2v) is 8.02. The van der Waals surface area contributed by atoms with E-state index in [2.05, 4.69) is 15.1 Å². The molecule has 0 amide bonds. The minimum atomic E-state index is -0.240. The Labute approximate surface area is 181 Å². The highest BCUT2D eigenvalue weighted by Gasteiger charge is 2.23. The van der Waals surface area contributed by atoms with Gasteiger partial charge in [-0.3, -0.25) is 9.89 Å². The Morgan fingerprint density at radius 3 is 2.71 bits per heavy atom. The Bertz CT molecular complexity index is 1010. The summed E-state index contributed by atoms with van der Waals surface area (Å²) < 4.78 is 24.5. The Morgan fingerprint density at radius 1 is 1.19 bits per heavy atom. The van der Waals surface area contributed by atoms with Gasteiger partial charge in [-0.25, -0.2) is 4.39 Å². The van der Waals surface area contributed by atoms with Gasteiger partial charge in [0.1, 0.15) is 11.6 Å². The van der Waals surface area contributed by atoms with Gasteiger partial charge in [0.05, 0.1) is 17.8 Å². The van der Waals surface area contributed by atoms with Gasteiger partial charge in [-0.05, 0) is 81.7 Å². The Balaban J connectivity index is 1.13. The average Bonchev–Trinajstić information content (AvgIpc) is 3.20. The first-order valence-electron chi connectivity index (χ1n) is 10.8. The fourth-order valence-electron chi connectivity index (χ4n) is 4.10. The Hall–Kier alpha value is -2.77. The fraction of sp³-hybridized carbons (Fsp3) is 0.417. The number of Topliss-reactive ketones (excluding diaryl/α,β-unsaturated/α-hetero) is 1. The smallest absolute Gasteiger partial charge is 0.189 e. The molecule has 3 aromatic rings.